The lowest BCUT2D eigenvalue weighted by Crippen LogP contribution is -2.70. The Balaban J connectivity index is 6.89. The van der Waals surface area contributed by atoms with Crippen LogP contribution in [0.3, 0.4) is 0 Å². The van der Waals surface area contributed by atoms with E-state index in [1.54, 1.807) is 0 Å². The van der Waals surface area contributed by atoms with E-state index in [0.29, 0.717) is 0 Å². The van der Waals surface area contributed by atoms with Crippen LogP contribution in [0.25, 0.3) is 0 Å². The van der Waals surface area contributed by atoms with Gasteiger partial charge in [-0.15, -0.1) is 0 Å². The molecular formula is C9H7F15O6S2Si. The molecule has 0 aromatic rings. The zero-order valence-electron chi connectivity index (χ0n) is 14.8. The summed E-state index contributed by atoms with van der Waals surface area (Å²) in [4.78, 5) is 0. The Morgan fingerprint density at radius 3 is 1.15 bits per heavy atom. The molecule has 0 saturated carbocycles. The van der Waals surface area contributed by atoms with Gasteiger partial charge in [-0.2, -0.15) is 82.7 Å². The van der Waals surface area contributed by atoms with Gasteiger partial charge < -0.3 is 0 Å². The fourth-order valence-corrected chi connectivity index (χ4v) is 7.66. The van der Waals surface area contributed by atoms with Crippen molar-refractivity contribution >= 4 is 28.8 Å². The summed E-state index contributed by atoms with van der Waals surface area (Å²) in [6, 6.07) is 0. The van der Waals surface area contributed by atoms with Gasteiger partial charge in [0.1, 0.15) is 0 Å². The Hall–Kier alpha value is -1.01. The molecule has 0 atom stereocenters. The molecule has 0 aromatic heterocycles. The van der Waals surface area contributed by atoms with Crippen molar-refractivity contribution < 1.29 is 90.4 Å². The van der Waals surface area contributed by atoms with Gasteiger partial charge in [0.15, 0.2) is 0 Å². The Morgan fingerprint density at radius 2 is 0.909 bits per heavy atom. The lowest BCUT2D eigenvalue weighted by Gasteiger charge is -2.39. The van der Waals surface area contributed by atoms with Gasteiger partial charge in [-0.1, -0.05) is 0 Å². The highest BCUT2D eigenvalue weighted by Crippen LogP contribution is 2.54. The fourth-order valence-electron chi connectivity index (χ4n) is 1.60. The van der Waals surface area contributed by atoms with Crippen LogP contribution in [0.15, 0.2) is 0 Å². The average Bonchev–Trinajstić information content (AvgIpc) is 2.48. The molecule has 0 aromatic carbocycles. The summed E-state index contributed by atoms with van der Waals surface area (Å²) in [5.41, 5.74) is -21.2. The zero-order valence-corrected chi connectivity index (χ0v) is 17.5. The van der Waals surface area contributed by atoms with E-state index in [1.165, 1.54) is 0 Å². The summed E-state index contributed by atoms with van der Waals surface area (Å²) in [5.74, 6) is -14.1. The van der Waals surface area contributed by atoms with Crippen LogP contribution >= 0.6 is 0 Å². The van der Waals surface area contributed by atoms with E-state index >= 15 is 0 Å². The quantitative estimate of drug-likeness (QED) is 0.223. The third kappa shape index (κ3) is 6.56. The van der Waals surface area contributed by atoms with Gasteiger partial charge >= 0.3 is 63.4 Å². The first kappa shape index (κ1) is 32.0. The highest BCUT2D eigenvalue weighted by atomic mass is 32.2. The molecule has 0 amide bonds. The molecule has 0 aliphatic carbocycles. The second kappa shape index (κ2) is 8.58. The molecule has 0 unspecified atom stereocenters. The predicted molar refractivity (Wildman–Crippen MR) is 73.9 cm³/mol. The van der Waals surface area contributed by atoms with Crippen LogP contribution in [0.4, 0.5) is 65.9 Å². The van der Waals surface area contributed by atoms with Crippen molar-refractivity contribution in [1.29, 1.82) is 0 Å². The van der Waals surface area contributed by atoms with Crippen molar-refractivity contribution in [3.05, 3.63) is 0 Å². The van der Waals surface area contributed by atoms with E-state index in [1.807, 2.05) is 0 Å². The molecule has 0 heterocycles. The first-order valence-corrected chi connectivity index (χ1v) is 12.2. The first-order valence-electron chi connectivity index (χ1n) is 7.11. The summed E-state index contributed by atoms with van der Waals surface area (Å²) < 4.78 is 242. The van der Waals surface area contributed by atoms with Gasteiger partial charge in [0.2, 0.25) is 0 Å². The van der Waals surface area contributed by atoms with E-state index in [0.717, 1.165) is 0 Å². The SMILES string of the molecule is C[Si](OS(=O)(=O)C(F)(F)F)(OS(=O)(=O)C(F)(F)F)C(F)(F)C(F)(F)C(F)(F)CCC(F)(F)F. The third-order valence-electron chi connectivity index (χ3n) is 3.25. The van der Waals surface area contributed by atoms with Crippen LogP contribution < -0.4 is 0 Å². The van der Waals surface area contributed by atoms with Crippen LogP contribution in [-0.2, 0) is 28.0 Å². The largest absolute Gasteiger partial charge is 0.522 e. The smallest absolute Gasteiger partial charge is 0.270 e. The molecule has 0 radical (unpaired) electrons. The molecule has 24 heteroatoms. The van der Waals surface area contributed by atoms with Gasteiger partial charge in [0, 0.05) is 12.8 Å². The van der Waals surface area contributed by atoms with Gasteiger partial charge in [-0.05, 0) is 6.55 Å². The van der Waals surface area contributed by atoms with E-state index in [2.05, 4.69) is 7.74 Å². The standard InChI is InChI=1S/C9H7F15O6S2Si/c1-33(29-31(25,26)8(19,20)21,30-32(27,28)9(22,23)24)7(17,18)6(15,16)4(10,11)2-3-5(12,13)14/h2-3H2,1H3. The molecule has 0 spiro atoms. The monoisotopic (exact) mass is 588 g/mol. The fraction of sp³-hybridized carbons (Fsp3) is 1.00. The summed E-state index contributed by atoms with van der Waals surface area (Å²) in [6.45, 7) is -1.20. The minimum absolute atomic E-state index is 1.20. The molecule has 0 fully saturated rings. The third-order valence-corrected chi connectivity index (χ3v) is 10.1. The number of rotatable bonds is 9. The Morgan fingerprint density at radius 1 is 0.606 bits per heavy atom. The number of hydrogen-bond acceptors (Lipinski definition) is 6. The second-order valence-corrected chi connectivity index (χ2v) is 12.5. The minimum Gasteiger partial charge on any atom is -0.270 e. The van der Waals surface area contributed by atoms with Crippen LogP contribution in [0.5, 0.6) is 0 Å². The molecule has 0 bridgehead atoms. The summed E-state index contributed by atoms with van der Waals surface area (Å²) in [7, 11) is -23.7. The van der Waals surface area contributed by atoms with Crippen molar-refractivity contribution in [3.63, 3.8) is 0 Å². The van der Waals surface area contributed by atoms with E-state index < -0.39 is 82.8 Å². The zero-order chi connectivity index (χ0) is 27.3. The van der Waals surface area contributed by atoms with Crippen molar-refractivity contribution in [2.45, 2.75) is 54.0 Å². The summed E-state index contributed by atoms with van der Waals surface area (Å²) >= 11 is 0. The van der Waals surface area contributed by atoms with Crippen molar-refractivity contribution in [1.82, 2.24) is 0 Å². The maximum absolute atomic E-state index is 14.2. The number of hydrogen-bond donors (Lipinski definition) is 0. The highest BCUT2D eigenvalue weighted by Gasteiger charge is 2.83. The molecule has 6 nitrogen and oxygen atoms in total. The van der Waals surface area contributed by atoms with Crippen molar-refractivity contribution in [2.75, 3.05) is 0 Å². The molecule has 0 saturated heterocycles. The molecule has 0 rings (SSSR count). The van der Waals surface area contributed by atoms with Crippen LogP contribution in [0.2, 0.25) is 6.55 Å². The number of halogens is 15. The molecule has 200 valence electrons. The molecular weight excluding hydrogens is 581 g/mol. The topological polar surface area (TPSA) is 86.7 Å². The average molecular weight is 588 g/mol. The molecule has 0 aliphatic rings. The van der Waals surface area contributed by atoms with E-state index in [-0.39, 0.29) is 0 Å². The van der Waals surface area contributed by atoms with E-state index in [9.17, 15) is 82.7 Å². The highest BCUT2D eigenvalue weighted by molar-refractivity contribution is 7.90. The Kier molecular flexibility index (Phi) is 8.32. The van der Waals surface area contributed by atoms with Crippen molar-refractivity contribution in [3.8, 4) is 0 Å². The Labute approximate surface area is 174 Å². The Bertz CT molecular complexity index is 871. The van der Waals surface area contributed by atoms with Gasteiger partial charge in [-0.3, -0.25) is 7.74 Å². The maximum atomic E-state index is 14.2. The molecule has 33 heavy (non-hydrogen) atoms. The lowest BCUT2D eigenvalue weighted by molar-refractivity contribution is -0.296. The first-order chi connectivity index (χ1) is 13.9. The van der Waals surface area contributed by atoms with Gasteiger partial charge in [-0.25, -0.2) is 0 Å². The van der Waals surface area contributed by atoms with Crippen LogP contribution in [-0.4, -0.2) is 60.0 Å². The minimum atomic E-state index is -8.25. The summed E-state index contributed by atoms with van der Waals surface area (Å²) in [5, 5.41) is 0. The lowest BCUT2D eigenvalue weighted by atomic mass is 10.1. The van der Waals surface area contributed by atoms with Crippen LogP contribution in [0, 0.1) is 0 Å². The van der Waals surface area contributed by atoms with E-state index in [4.69, 9.17) is 0 Å². The second-order valence-electron chi connectivity index (χ2n) is 5.88. The number of alkyl halides is 15. The molecule has 0 N–H and O–H groups in total. The summed E-state index contributed by atoms with van der Waals surface area (Å²) in [6.07, 6.45) is -11.9. The van der Waals surface area contributed by atoms with Crippen LogP contribution in [0.1, 0.15) is 12.8 Å². The van der Waals surface area contributed by atoms with Gasteiger partial charge in [0.25, 0.3) is 0 Å². The maximum Gasteiger partial charge on any atom is 0.522 e. The van der Waals surface area contributed by atoms with Gasteiger partial charge in [0.05, 0.1) is 0 Å². The normalized spacial score (nSPS) is 16.2. The molecule has 0 aliphatic heterocycles. The van der Waals surface area contributed by atoms with Crippen molar-refractivity contribution in [2.24, 2.45) is 0 Å². The predicted octanol–water partition coefficient (Wildman–Crippen LogP) is 4.58.